The minimum Gasteiger partial charge on any atom is -0.497 e. The molecule has 6 heteroatoms. The van der Waals surface area contributed by atoms with Gasteiger partial charge in [-0.25, -0.2) is 4.90 Å². The summed E-state index contributed by atoms with van der Waals surface area (Å²) in [6, 6.07) is 6.35. The van der Waals surface area contributed by atoms with E-state index in [1.54, 1.807) is 31.4 Å². The van der Waals surface area contributed by atoms with Gasteiger partial charge in [-0.15, -0.1) is 0 Å². The van der Waals surface area contributed by atoms with Crippen LogP contribution in [0, 0.1) is 5.92 Å². The van der Waals surface area contributed by atoms with Gasteiger partial charge in [-0.3, -0.25) is 14.4 Å². The first-order valence-corrected chi connectivity index (χ1v) is 11.9. The van der Waals surface area contributed by atoms with Crippen LogP contribution in [-0.2, 0) is 14.4 Å². The average molecular weight is 427 g/mol. The molecular weight excluding hydrogens is 392 g/mol. The quantitative estimate of drug-likeness (QED) is 0.515. The first-order valence-electron chi connectivity index (χ1n) is 11.9. The molecule has 0 bridgehead atoms. The molecule has 3 fully saturated rings. The van der Waals surface area contributed by atoms with Crippen molar-refractivity contribution < 1.29 is 19.1 Å². The molecule has 1 atom stereocenters. The van der Waals surface area contributed by atoms with Crippen LogP contribution in [0.15, 0.2) is 24.3 Å². The number of rotatable bonds is 5. The van der Waals surface area contributed by atoms with Gasteiger partial charge in [-0.1, -0.05) is 44.9 Å². The number of imide groups is 1. The zero-order chi connectivity index (χ0) is 21.8. The minimum absolute atomic E-state index is 0.00468. The highest BCUT2D eigenvalue weighted by Crippen LogP contribution is 2.34. The predicted octanol–water partition coefficient (Wildman–Crippen LogP) is 4.46. The maximum Gasteiger partial charge on any atom is 0.257 e. The zero-order valence-corrected chi connectivity index (χ0v) is 18.6. The molecule has 1 aromatic carbocycles. The van der Waals surface area contributed by atoms with E-state index in [1.807, 2.05) is 4.90 Å². The van der Waals surface area contributed by atoms with Crippen molar-refractivity contribution in [1.29, 1.82) is 0 Å². The molecule has 0 aromatic heterocycles. The number of nitrogens with zero attached hydrogens (tertiary/aromatic N) is 2. The number of amides is 3. The molecule has 0 spiro atoms. The third-order valence-electron chi connectivity index (χ3n) is 7.22. The lowest BCUT2D eigenvalue weighted by molar-refractivity contribution is -0.146. The molecule has 1 heterocycles. The number of benzene rings is 1. The summed E-state index contributed by atoms with van der Waals surface area (Å²) in [4.78, 5) is 43.3. The summed E-state index contributed by atoms with van der Waals surface area (Å²) >= 11 is 0. The number of hydrogen-bond acceptors (Lipinski definition) is 4. The Hall–Kier alpha value is -2.37. The second-order valence-electron chi connectivity index (χ2n) is 9.21. The Morgan fingerprint density at radius 3 is 2.10 bits per heavy atom. The molecule has 0 N–H and O–H groups in total. The highest BCUT2D eigenvalue weighted by molar-refractivity contribution is 6.23. The van der Waals surface area contributed by atoms with E-state index < -0.39 is 6.04 Å². The predicted molar refractivity (Wildman–Crippen MR) is 119 cm³/mol. The van der Waals surface area contributed by atoms with E-state index in [0.29, 0.717) is 11.4 Å². The first kappa shape index (κ1) is 21.8. The summed E-state index contributed by atoms with van der Waals surface area (Å²) in [6.07, 6.45) is 11.6. The number of ether oxygens (including phenoxy) is 1. The minimum atomic E-state index is -0.674. The summed E-state index contributed by atoms with van der Waals surface area (Å²) in [5, 5.41) is 0. The highest BCUT2D eigenvalue weighted by Gasteiger charge is 2.47. The Morgan fingerprint density at radius 2 is 1.48 bits per heavy atom. The smallest absolute Gasteiger partial charge is 0.257 e. The number of carbonyl (C=O) groups is 3. The van der Waals surface area contributed by atoms with Crippen LogP contribution in [0.1, 0.15) is 77.0 Å². The monoisotopic (exact) mass is 426 g/mol. The molecule has 1 saturated heterocycles. The Bertz CT molecular complexity index is 792. The van der Waals surface area contributed by atoms with Crippen LogP contribution < -0.4 is 9.64 Å². The Morgan fingerprint density at radius 1 is 0.903 bits per heavy atom. The van der Waals surface area contributed by atoms with Crippen molar-refractivity contribution in [2.75, 3.05) is 12.0 Å². The molecule has 1 aliphatic heterocycles. The molecular formula is C25H34N2O4. The summed E-state index contributed by atoms with van der Waals surface area (Å²) in [6.45, 7) is 0. The molecule has 3 amide bonds. The molecule has 31 heavy (non-hydrogen) atoms. The average Bonchev–Trinajstić information content (AvgIpc) is 2.97. The van der Waals surface area contributed by atoms with Gasteiger partial charge in [-0.05, 0) is 49.9 Å². The summed E-state index contributed by atoms with van der Waals surface area (Å²) < 4.78 is 5.19. The van der Waals surface area contributed by atoms with Gasteiger partial charge in [0.1, 0.15) is 11.8 Å². The second kappa shape index (κ2) is 9.84. The van der Waals surface area contributed by atoms with Crippen molar-refractivity contribution in [1.82, 2.24) is 4.90 Å². The molecule has 168 valence electrons. The van der Waals surface area contributed by atoms with Crippen molar-refractivity contribution in [2.45, 2.75) is 89.1 Å². The number of anilines is 1. The van der Waals surface area contributed by atoms with Crippen LogP contribution >= 0.6 is 0 Å². The Kier molecular flexibility index (Phi) is 6.93. The van der Waals surface area contributed by atoms with E-state index in [9.17, 15) is 14.4 Å². The van der Waals surface area contributed by atoms with Crippen LogP contribution in [0.3, 0.4) is 0 Å². The van der Waals surface area contributed by atoms with Crippen LogP contribution in [0.2, 0.25) is 0 Å². The third-order valence-corrected chi connectivity index (χ3v) is 7.22. The maximum absolute atomic E-state index is 13.7. The lowest BCUT2D eigenvalue weighted by Crippen LogP contribution is -2.52. The lowest BCUT2D eigenvalue weighted by atomic mass is 9.87. The van der Waals surface area contributed by atoms with Crippen LogP contribution in [0.5, 0.6) is 5.75 Å². The van der Waals surface area contributed by atoms with E-state index >= 15 is 0 Å². The van der Waals surface area contributed by atoms with Crippen LogP contribution in [-0.4, -0.2) is 41.8 Å². The molecule has 1 aromatic rings. The van der Waals surface area contributed by atoms with Crippen LogP contribution in [0.4, 0.5) is 5.69 Å². The van der Waals surface area contributed by atoms with Gasteiger partial charge in [0.15, 0.2) is 0 Å². The van der Waals surface area contributed by atoms with Gasteiger partial charge in [0.2, 0.25) is 11.8 Å². The fourth-order valence-corrected chi connectivity index (χ4v) is 5.52. The molecule has 2 saturated carbocycles. The molecule has 2 aliphatic carbocycles. The molecule has 3 aliphatic rings. The first-order chi connectivity index (χ1) is 15.1. The van der Waals surface area contributed by atoms with E-state index in [0.717, 1.165) is 51.4 Å². The van der Waals surface area contributed by atoms with Gasteiger partial charge in [0.05, 0.1) is 19.2 Å². The van der Waals surface area contributed by atoms with E-state index in [2.05, 4.69) is 0 Å². The van der Waals surface area contributed by atoms with Crippen molar-refractivity contribution in [3.8, 4) is 5.75 Å². The molecule has 6 nitrogen and oxygen atoms in total. The van der Waals surface area contributed by atoms with Gasteiger partial charge in [0.25, 0.3) is 5.91 Å². The van der Waals surface area contributed by atoms with Gasteiger partial charge < -0.3 is 9.64 Å². The highest BCUT2D eigenvalue weighted by atomic mass is 16.5. The van der Waals surface area contributed by atoms with Crippen molar-refractivity contribution in [2.24, 2.45) is 5.92 Å². The summed E-state index contributed by atoms with van der Waals surface area (Å²) in [5.41, 5.74) is 0.546. The van der Waals surface area contributed by atoms with Gasteiger partial charge >= 0.3 is 0 Å². The number of hydrogen-bond donors (Lipinski definition) is 0. The largest absolute Gasteiger partial charge is 0.497 e. The molecule has 1 unspecified atom stereocenters. The third kappa shape index (κ3) is 4.63. The summed E-state index contributed by atoms with van der Waals surface area (Å²) in [5.74, 6) is 0.287. The number of methoxy groups -OCH3 is 1. The van der Waals surface area contributed by atoms with E-state index in [4.69, 9.17) is 4.74 Å². The van der Waals surface area contributed by atoms with Gasteiger partial charge in [0, 0.05) is 12.0 Å². The Labute approximate surface area is 184 Å². The fraction of sp³-hybridized carbons (Fsp3) is 0.640. The van der Waals surface area contributed by atoms with Crippen molar-refractivity contribution in [3.63, 3.8) is 0 Å². The maximum atomic E-state index is 13.7. The SMILES string of the molecule is COc1ccc(N2C(=O)CC(N(C(=O)C3CCCCC3)C3CCCCCC3)C2=O)cc1. The van der Waals surface area contributed by atoms with Crippen LogP contribution in [0.25, 0.3) is 0 Å². The molecule has 0 radical (unpaired) electrons. The number of carbonyl (C=O) groups excluding carboxylic acids is 3. The van der Waals surface area contributed by atoms with E-state index in [1.165, 1.54) is 24.2 Å². The Balaban J connectivity index is 1.61. The lowest BCUT2D eigenvalue weighted by Gasteiger charge is -2.38. The fourth-order valence-electron chi connectivity index (χ4n) is 5.52. The second-order valence-corrected chi connectivity index (χ2v) is 9.21. The topological polar surface area (TPSA) is 66.9 Å². The van der Waals surface area contributed by atoms with E-state index in [-0.39, 0.29) is 36.1 Å². The van der Waals surface area contributed by atoms with Crippen molar-refractivity contribution in [3.05, 3.63) is 24.3 Å². The normalized spacial score (nSPS) is 23.6. The van der Waals surface area contributed by atoms with Gasteiger partial charge in [-0.2, -0.15) is 0 Å². The summed E-state index contributed by atoms with van der Waals surface area (Å²) in [7, 11) is 1.58. The van der Waals surface area contributed by atoms with Crippen molar-refractivity contribution >= 4 is 23.4 Å². The zero-order valence-electron chi connectivity index (χ0n) is 18.6. The standard InChI is InChI=1S/C25H34N2O4/c1-31-21-15-13-20(14-16-21)27-23(28)17-22(25(27)30)26(19-11-7-2-3-8-12-19)24(29)18-9-5-4-6-10-18/h13-16,18-19,22H,2-12,17H2,1H3. The molecule has 4 rings (SSSR count).